The Labute approximate surface area is 255 Å². The van der Waals surface area contributed by atoms with Crippen LogP contribution in [0.5, 0.6) is 0 Å². The van der Waals surface area contributed by atoms with Gasteiger partial charge in [-0.2, -0.15) is 132 Å². The van der Waals surface area contributed by atoms with Crippen molar-refractivity contribution in [3.05, 3.63) is 0 Å². The minimum absolute atomic E-state index is 0.637. The second kappa shape index (κ2) is 12.7. The van der Waals surface area contributed by atoms with Gasteiger partial charge in [0.25, 0.3) is 0 Å². The van der Waals surface area contributed by atoms with E-state index in [0.29, 0.717) is 4.74 Å². The summed E-state index contributed by atoms with van der Waals surface area (Å²) in [6, 6.07) is 0. The number of ether oxygens (including phenoxy) is 1. The van der Waals surface area contributed by atoms with Crippen LogP contribution in [0.2, 0.25) is 0 Å². The number of hydrogen-bond donors (Lipinski definition) is 0. The lowest BCUT2D eigenvalue weighted by Gasteiger charge is -2.43. The van der Waals surface area contributed by atoms with E-state index in [1.165, 1.54) is 0 Å². The van der Waals surface area contributed by atoms with E-state index in [4.69, 9.17) is 0 Å². The van der Waals surface area contributed by atoms with Gasteiger partial charge in [0, 0.05) is 0 Å². The summed E-state index contributed by atoms with van der Waals surface area (Å²) >= 11 is 0. The quantitative estimate of drug-likeness (QED) is 0.141. The van der Waals surface area contributed by atoms with Crippen LogP contribution in [0.3, 0.4) is 0 Å². The first-order chi connectivity index (χ1) is 21.5. The Balaban J connectivity index is 7.11. The normalized spacial score (nSPS) is 17.9. The third-order valence-corrected chi connectivity index (χ3v) is 5.80. The Morgan fingerprint density at radius 3 is 0.627 bits per heavy atom. The number of hydrogen-bond acceptors (Lipinski definition) is 1. The van der Waals surface area contributed by atoms with Crippen LogP contribution in [-0.4, -0.2) is 96.1 Å². The zero-order valence-electron chi connectivity index (χ0n) is 22.1. The van der Waals surface area contributed by atoms with Crippen molar-refractivity contribution in [2.75, 3.05) is 0 Å². The molecule has 0 radical (unpaired) electrons. The van der Waals surface area contributed by atoms with Crippen molar-refractivity contribution in [2.45, 2.75) is 109 Å². The van der Waals surface area contributed by atoms with Gasteiger partial charge in [0.15, 0.2) is 12.3 Å². The molecule has 0 aliphatic carbocycles. The molecule has 0 amide bonds. The van der Waals surface area contributed by atoms with Gasteiger partial charge in [-0.1, -0.05) is 0 Å². The zero-order valence-corrected chi connectivity index (χ0v) is 22.1. The molecule has 0 aromatic rings. The molecule has 0 fully saturated rings. The minimum atomic E-state index is -9.43. The van der Waals surface area contributed by atoms with Crippen LogP contribution in [0, 0.1) is 0 Å². The predicted octanol–water partition coefficient (Wildman–Crippen LogP) is 11.1. The zero-order chi connectivity index (χ0) is 42.3. The van der Waals surface area contributed by atoms with Crippen LogP contribution in [-0.2, 0) is 4.74 Å². The van der Waals surface area contributed by atoms with Gasteiger partial charge in [-0.3, -0.25) is 0 Å². The molecule has 308 valence electrons. The highest BCUT2D eigenvalue weighted by molar-refractivity contribution is 5.14. The summed E-state index contributed by atoms with van der Waals surface area (Å²) in [5.41, 5.74) is 0. The molecule has 0 spiro atoms. The molecule has 0 saturated heterocycles. The lowest BCUT2D eigenvalue weighted by molar-refractivity contribution is -0.526. The van der Waals surface area contributed by atoms with Crippen molar-refractivity contribution >= 4 is 0 Å². The molecule has 0 aromatic carbocycles. The number of alkyl halides is 32. The first kappa shape index (κ1) is 48.7. The molecule has 33 heteroatoms. The van der Waals surface area contributed by atoms with E-state index in [1.54, 1.807) is 0 Å². The lowest BCUT2D eigenvalue weighted by atomic mass is 9.90. The average molecular weight is 846 g/mol. The van der Waals surface area contributed by atoms with Crippen LogP contribution in [0.15, 0.2) is 0 Å². The van der Waals surface area contributed by atoms with Gasteiger partial charge in [0.05, 0.1) is 12.8 Å². The Bertz CT molecular complexity index is 1110. The summed E-state index contributed by atoms with van der Waals surface area (Å²) in [6.45, 7) is 0. The Kier molecular flexibility index (Phi) is 12.1. The minimum Gasteiger partial charge on any atom is -0.245 e. The van der Waals surface area contributed by atoms with Crippen molar-refractivity contribution < 1.29 is 145 Å². The summed E-state index contributed by atoms with van der Waals surface area (Å²) in [5, 5.41) is 0. The molecule has 2 unspecified atom stereocenters. The van der Waals surface area contributed by atoms with Gasteiger partial charge in [-0.15, -0.1) is 0 Å². The summed E-state index contributed by atoms with van der Waals surface area (Å²) in [4.78, 5) is 0. The molecule has 0 rings (SSSR count). The van der Waals surface area contributed by atoms with Crippen molar-refractivity contribution in [3.63, 3.8) is 0 Å². The molecule has 0 aromatic heterocycles. The van der Waals surface area contributed by atoms with Gasteiger partial charge in [0.2, 0.25) is 0 Å². The molecule has 51 heavy (non-hydrogen) atoms. The first-order valence-electron chi connectivity index (χ1n) is 11.1. The van der Waals surface area contributed by atoms with Gasteiger partial charge in [-0.25, -0.2) is 13.5 Å². The van der Waals surface area contributed by atoms with E-state index in [9.17, 15) is 140 Å². The Morgan fingerprint density at radius 1 is 0.275 bits per heavy atom. The molecule has 0 bridgehead atoms. The highest BCUT2D eigenvalue weighted by atomic mass is 19.4. The van der Waals surface area contributed by atoms with E-state index in [0.717, 1.165) is 0 Å². The van der Waals surface area contributed by atoms with Crippen molar-refractivity contribution in [2.24, 2.45) is 0 Å². The summed E-state index contributed by atoms with van der Waals surface area (Å²) in [6.07, 6.45) is -51.3. The lowest BCUT2D eigenvalue weighted by Crippen LogP contribution is -2.74. The molecule has 0 N–H and O–H groups in total. The molecule has 0 aliphatic heterocycles. The topological polar surface area (TPSA) is 9.23 Å². The fraction of sp³-hybridized carbons (Fsp3) is 1.00. The van der Waals surface area contributed by atoms with Gasteiger partial charge in [0.1, 0.15) is 0 Å². The Hall–Kier alpha value is -2.28. The van der Waals surface area contributed by atoms with E-state index < -0.39 is 109 Å². The molecule has 0 heterocycles. The average Bonchev–Trinajstić information content (AvgIpc) is 2.84. The SMILES string of the molecule is FC(CC(F)(F)F)C(F)(F)C(F)(F)C(F)(F)C(F)(F)C(F)(F)C(F)(F)OC(F)(F)C(F)(F)C(F)(F)C(F)(F)C(F)(F)C(F)(F)C(F)CC(F)(F)F. The van der Waals surface area contributed by atoms with Crippen LogP contribution in [0.4, 0.5) is 140 Å². The highest BCUT2D eigenvalue weighted by Crippen LogP contribution is 2.65. The summed E-state index contributed by atoms with van der Waals surface area (Å²) < 4.78 is 424. The van der Waals surface area contributed by atoms with E-state index in [1.807, 2.05) is 0 Å². The summed E-state index contributed by atoms with van der Waals surface area (Å²) in [7, 11) is 0. The van der Waals surface area contributed by atoms with Gasteiger partial charge >= 0.3 is 83.8 Å². The van der Waals surface area contributed by atoms with Crippen LogP contribution < -0.4 is 0 Å². The Morgan fingerprint density at radius 2 is 0.451 bits per heavy atom. The molecular weight excluding hydrogens is 840 g/mol. The molecule has 0 saturated carbocycles. The van der Waals surface area contributed by atoms with E-state index in [2.05, 4.69) is 0 Å². The fourth-order valence-electron chi connectivity index (χ4n) is 2.92. The summed E-state index contributed by atoms with van der Waals surface area (Å²) in [5.74, 6) is -90.1. The van der Waals surface area contributed by atoms with Crippen molar-refractivity contribution in [3.8, 4) is 0 Å². The predicted molar refractivity (Wildman–Crippen MR) is 91.6 cm³/mol. The smallest absolute Gasteiger partial charge is 0.245 e. The molecule has 0 aliphatic rings. The van der Waals surface area contributed by atoms with Crippen LogP contribution in [0.25, 0.3) is 0 Å². The number of halogens is 32. The van der Waals surface area contributed by atoms with E-state index in [-0.39, 0.29) is 0 Å². The van der Waals surface area contributed by atoms with Gasteiger partial charge in [-0.05, 0) is 0 Å². The van der Waals surface area contributed by atoms with E-state index >= 15 is 0 Å². The maximum atomic E-state index is 13.7. The van der Waals surface area contributed by atoms with Crippen molar-refractivity contribution in [1.29, 1.82) is 0 Å². The highest BCUT2D eigenvalue weighted by Gasteiger charge is 2.95. The molecule has 1 nitrogen and oxygen atoms in total. The van der Waals surface area contributed by atoms with Crippen LogP contribution in [0.1, 0.15) is 12.8 Å². The fourth-order valence-corrected chi connectivity index (χ4v) is 2.92. The maximum Gasteiger partial charge on any atom is 0.430 e. The maximum absolute atomic E-state index is 13.7. The van der Waals surface area contributed by atoms with Gasteiger partial charge < -0.3 is 0 Å². The number of rotatable bonds is 16. The molecule has 2 atom stereocenters. The standard InChI is InChI=1S/C18H6F32O/c19-3(1-5(21,22)23)7(27,28)9(31,32)11(35,36)13(39,40)15(43,44)17(47,48)51-18(49,50)16(45,46)14(41,42)12(37,38)10(33,34)8(29,30)4(20)2-6(24,25)26/h3-4H,1-2H2. The third-order valence-electron chi connectivity index (χ3n) is 5.80. The second-order valence-electron chi connectivity index (χ2n) is 9.55. The van der Waals surface area contributed by atoms with Crippen LogP contribution >= 0.6 is 0 Å². The van der Waals surface area contributed by atoms with Crippen molar-refractivity contribution in [1.82, 2.24) is 0 Å². The largest absolute Gasteiger partial charge is 0.430 e. The second-order valence-corrected chi connectivity index (χ2v) is 9.55. The molecular formula is C18H6F32O. The third kappa shape index (κ3) is 7.45. The first-order valence-corrected chi connectivity index (χ1v) is 11.1. The monoisotopic (exact) mass is 846 g/mol.